The van der Waals surface area contributed by atoms with Crippen LogP contribution in [0.3, 0.4) is 0 Å². The van der Waals surface area contributed by atoms with E-state index in [1.807, 2.05) is 46.0 Å². The molecule has 0 radical (unpaired) electrons. The maximum Gasteiger partial charge on any atom is 0.243 e. The summed E-state index contributed by atoms with van der Waals surface area (Å²) in [5.74, 6) is -0.0126. The minimum absolute atomic E-state index is 0. The van der Waals surface area contributed by atoms with Gasteiger partial charge >= 0.3 is 0 Å². The number of carbonyl (C=O) groups is 1. The number of nitrogens with zero attached hydrogens (tertiary/aromatic N) is 1. The van der Waals surface area contributed by atoms with Gasteiger partial charge in [-0.1, -0.05) is 56.3 Å². The molecule has 1 fully saturated rings. The number of halogens is 1. The fourth-order valence-electron chi connectivity index (χ4n) is 3.90. The zero-order valence-electron chi connectivity index (χ0n) is 16.0. The van der Waals surface area contributed by atoms with E-state index in [1.165, 1.54) is 10.8 Å². The zero-order valence-corrected chi connectivity index (χ0v) is 16.8. The molecule has 26 heavy (non-hydrogen) atoms. The van der Waals surface area contributed by atoms with Crippen molar-refractivity contribution in [2.24, 2.45) is 11.1 Å². The van der Waals surface area contributed by atoms with E-state index < -0.39 is 5.54 Å². The molecular weight excluding hydrogens is 348 g/mol. The quantitative estimate of drug-likeness (QED) is 0.864. The van der Waals surface area contributed by atoms with Crippen LogP contribution in [0.1, 0.15) is 32.8 Å². The van der Waals surface area contributed by atoms with Crippen LogP contribution in [0.15, 0.2) is 42.5 Å². The van der Waals surface area contributed by atoms with Crippen molar-refractivity contribution < 1.29 is 9.53 Å². The van der Waals surface area contributed by atoms with Crippen LogP contribution in [0.4, 0.5) is 0 Å². The maximum absolute atomic E-state index is 13.1. The van der Waals surface area contributed by atoms with E-state index in [0.29, 0.717) is 19.6 Å². The Balaban J connectivity index is 0.00000243. The van der Waals surface area contributed by atoms with Crippen molar-refractivity contribution in [2.45, 2.75) is 45.4 Å². The zero-order chi connectivity index (χ0) is 18.2. The minimum Gasteiger partial charge on any atom is -0.378 e. The van der Waals surface area contributed by atoms with Crippen LogP contribution in [-0.4, -0.2) is 36.1 Å². The standard InChI is InChI=1S/C21H28N2O2.ClH/c1-5-25-18-13-21(22,20(18,2)3)19(24)23(4)14-16-11-8-10-15-9-6-7-12-17(15)16;/h6-12,18H,5,13-14,22H2,1-4H3;1H. The van der Waals surface area contributed by atoms with Gasteiger partial charge in [0, 0.05) is 32.0 Å². The molecule has 2 aromatic carbocycles. The number of nitrogens with two attached hydrogens (primary N) is 1. The summed E-state index contributed by atoms with van der Waals surface area (Å²) in [7, 11) is 1.84. The predicted molar refractivity (Wildman–Crippen MR) is 108 cm³/mol. The number of rotatable bonds is 5. The smallest absolute Gasteiger partial charge is 0.243 e. The fraction of sp³-hybridized carbons (Fsp3) is 0.476. The third-order valence-corrected chi connectivity index (χ3v) is 5.85. The van der Waals surface area contributed by atoms with E-state index in [4.69, 9.17) is 10.5 Å². The second kappa shape index (κ2) is 7.55. The van der Waals surface area contributed by atoms with Crippen molar-refractivity contribution in [3.05, 3.63) is 48.0 Å². The van der Waals surface area contributed by atoms with Gasteiger partial charge in [-0.2, -0.15) is 0 Å². The number of ether oxygens (including phenoxy) is 1. The lowest BCUT2D eigenvalue weighted by Gasteiger charge is -2.58. The summed E-state index contributed by atoms with van der Waals surface area (Å²) in [4.78, 5) is 14.9. The summed E-state index contributed by atoms with van der Waals surface area (Å²) >= 11 is 0. The molecule has 1 saturated carbocycles. The monoisotopic (exact) mass is 376 g/mol. The number of fused-ring (bicyclic) bond motifs is 1. The van der Waals surface area contributed by atoms with Crippen LogP contribution in [0.25, 0.3) is 10.8 Å². The van der Waals surface area contributed by atoms with Crippen LogP contribution < -0.4 is 5.73 Å². The summed E-state index contributed by atoms with van der Waals surface area (Å²) < 4.78 is 5.74. The van der Waals surface area contributed by atoms with Crippen LogP contribution in [0, 0.1) is 5.41 Å². The Morgan fingerprint density at radius 2 is 1.88 bits per heavy atom. The third kappa shape index (κ3) is 3.22. The van der Waals surface area contributed by atoms with Crippen LogP contribution in [0.5, 0.6) is 0 Å². The Bertz CT molecular complexity index is 787. The summed E-state index contributed by atoms with van der Waals surface area (Å²) in [5.41, 5.74) is 6.44. The highest BCUT2D eigenvalue weighted by Gasteiger charge is 2.63. The molecule has 1 amide bonds. The highest BCUT2D eigenvalue weighted by Crippen LogP contribution is 2.50. The van der Waals surface area contributed by atoms with Crippen molar-refractivity contribution >= 4 is 29.1 Å². The summed E-state index contributed by atoms with van der Waals surface area (Å²) in [6, 6.07) is 14.4. The van der Waals surface area contributed by atoms with E-state index in [9.17, 15) is 4.79 Å². The van der Waals surface area contributed by atoms with Crippen molar-refractivity contribution in [1.82, 2.24) is 4.90 Å². The molecule has 0 heterocycles. The highest BCUT2D eigenvalue weighted by molar-refractivity contribution is 5.90. The second-order valence-electron chi connectivity index (χ2n) is 7.64. The Morgan fingerprint density at radius 3 is 2.54 bits per heavy atom. The van der Waals surface area contributed by atoms with Crippen LogP contribution in [-0.2, 0) is 16.1 Å². The summed E-state index contributed by atoms with van der Waals surface area (Å²) in [6.07, 6.45) is 0.615. The van der Waals surface area contributed by atoms with E-state index in [1.54, 1.807) is 4.90 Å². The third-order valence-electron chi connectivity index (χ3n) is 5.85. The van der Waals surface area contributed by atoms with Gasteiger partial charge in [0.2, 0.25) is 5.91 Å². The first-order valence-corrected chi connectivity index (χ1v) is 8.94. The molecule has 3 rings (SSSR count). The van der Waals surface area contributed by atoms with Crippen molar-refractivity contribution in [2.75, 3.05) is 13.7 Å². The number of amides is 1. The maximum atomic E-state index is 13.1. The van der Waals surface area contributed by atoms with Gasteiger partial charge in [0.15, 0.2) is 0 Å². The predicted octanol–water partition coefficient (Wildman–Crippen LogP) is 3.75. The van der Waals surface area contributed by atoms with E-state index >= 15 is 0 Å². The van der Waals surface area contributed by atoms with E-state index in [-0.39, 0.29) is 29.8 Å². The average Bonchev–Trinajstić information content (AvgIpc) is 2.61. The molecule has 2 atom stereocenters. The molecule has 2 N–H and O–H groups in total. The molecule has 5 heteroatoms. The normalized spacial score (nSPS) is 23.8. The van der Waals surface area contributed by atoms with Gasteiger partial charge < -0.3 is 15.4 Å². The molecule has 0 saturated heterocycles. The molecule has 1 aliphatic rings. The molecular formula is C21H29ClN2O2. The van der Waals surface area contributed by atoms with Gasteiger partial charge in [0.1, 0.15) is 5.54 Å². The van der Waals surface area contributed by atoms with E-state index in [2.05, 4.69) is 24.3 Å². The van der Waals surface area contributed by atoms with Crippen molar-refractivity contribution in [3.63, 3.8) is 0 Å². The Hall–Kier alpha value is -1.62. The number of hydrogen-bond donors (Lipinski definition) is 1. The summed E-state index contributed by atoms with van der Waals surface area (Å²) in [6.45, 7) is 7.22. The molecule has 0 bridgehead atoms. The Kier molecular flexibility index (Phi) is 6.01. The number of hydrogen-bond acceptors (Lipinski definition) is 3. The molecule has 2 unspecified atom stereocenters. The van der Waals surface area contributed by atoms with Crippen LogP contribution >= 0.6 is 12.4 Å². The summed E-state index contributed by atoms with van der Waals surface area (Å²) in [5, 5.41) is 2.36. The van der Waals surface area contributed by atoms with E-state index in [0.717, 1.165) is 5.56 Å². The minimum atomic E-state index is -0.869. The van der Waals surface area contributed by atoms with Crippen LogP contribution in [0.2, 0.25) is 0 Å². The first-order valence-electron chi connectivity index (χ1n) is 8.94. The Labute approximate surface area is 162 Å². The molecule has 1 aliphatic carbocycles. The number of benzene rings is 2. The lowest BCUT2D eigenvalue weighted by Crippen LogP contribution is -2.75. The molecule has 4 nitrogen and oxygen atoms in total. The highest BCUT2D eigenvalue weighted by atomic mass is 35.5. The van der Waals surface area contributed by atoms with Gasteiger partial charge in [-0.3, -0.25) is 4.79 Å². The molecule has 2 aromatic rings. The lowest BCUT2D eigenvalue weighted by molar-refractivity contribution is -0.178. The first kappa shape index (κ1) is 20.7. The molecule has 0 spiro atoms. The fourth-order valence-corrected chi connectivity index (χ4v) is 3.90. The average molecular weight is 377 g/mol. The van der Waals surface area contributed by atoms with Crippen molar-refractivity contribution in [3.8, 4) is 0 Å². The van der Waals surface area contributed by atoms with Gasteiger partial charge in [-0.05, 0) is 23.3 Å². The molecule has 0 aliphatic heterocycles. The Morgan fingerprint density at radius 1 is 1.23 bits per heavy atom. The van der Waals surface area contributed by atoms with Gasteiger partial charge in [-0.15, -0.1) is 12.4 Å². The SMILES string of the molecule is CCOC1CC(N)(C(=O)N(C)Cc2cccc3ccccc23)C1(C)C.Cl. The second-order valence-corrected chi connectivity index (χ2v) is 7.64. The van der Waals surface area contributed by atoms with Gasteiger partial charge in [0.25, 0.3) is 0 Å². The largest absolute Gasteiger partial charge is 0.378 e. The topological polar surface area (TPSA) is 55.6 Å². The lowest BCUT2D eigenvalue weighted by atomic mass is 9.54. The number of carbonyl (C=O) groups excluding carboxylic acids is 1. The van der Waals surface area contributed by atoms with Gasteiger partial charge in [0.05, 0.1) is 6.10 Å². The first-order chi connectivity index (χ1) is 11.8. The molecule has 0 aromatic heterocycles. The van der Waals surface area contributed by atoms with Crippen molar-refractivity contribution in [1.29, 1.82) is 0 Å². The van der Waals surface area contributed by atoms with Gasteiger partial charge in [-0.25, -0.2) is 0 Å². The molecule has 142 valence electrons. The number of likely N-dealkylation sites (N-methyl/N-ethyl adjacent to an activating group) is 1.